The van der Waals surface area contributed by atoms with Crippen molar-refractivity contribution in [3.05, 3.63) is 36.0 Å². The number of carbonyl (C=O) groups is 3. The second kappa shape index (κ2) is 12.2. The fourth-order valence-corrected chi connectivity index (χ4v) is 5.59. The van der Waals surface area contributed by atoms with Crippen molar-refractivity contribution in [3.63, 3.8) is 0 Å². The Hall–Kier alpha value is -2.87. The lowest BCUT2D eigenvalue weighted by Crippen LogP contribution is -2.56. The van der Waals surface area contributed by atoms with E-state index in [0.717, 1.165) is 80.8 Å². The molecule has 1 aliphatic carbocycles. The fourth-order valence-electron chi connectivity index (χ4n) is 5.59. The van der Waals surface area contributed by atoms with E-state index < -0.39 is 18.1 Å². The zero-order valence-electron chi connectivity index (χ0n) is 20.4. The number of carbonyl (C=O) groups excluding carboxylic acids is 2. The second-order valence-electron chi connectivity index (χ2n) is 9.99. The number of hydrogen-bond acceptors (Lipinski definition) is 4. The minimum atomic E-state index is -0.994. The van der Waals surface area contributed by atoms with Gasteiger partial charge in [-0.2, -0.15) is 0 Å². The Morgan fingerprint density at radius 3 is 2.60 bits per heavy atom. The smallest absolute Gasteiger partial charge is 0.317 e. The molecule has 2 bridgehead atoms. The highest BCUT2D eigenvalue weighted by Gasteiger charge is 2.32. The van der Waals surface area contributed by atoms with Crippen LogP contribution in [0.4, 0.5) is 0 Å². The summed E-state index contributed by atoms with van der Waals surface area (Å²) < 4.78 is 2.26. The number of nitrogens with one attached hydrogen (secondary N) is 3. The molecule has 2 aliphatic rings. The first kappa shape index (κ1) is 25.2. The van der Waals surface area contributed by atoms with Gasteiger partial charge in [-0.15, -0.1) is 0 Å². The van der Waals surface area contributed by atoms with Crippen LogP contribution < -0.4 is 16.0 Å². The lowest BCUT2D eigenvalue weighted by Gasteiger charge is -2.31. The molecule has 2 aromatic rings. The molecule has 1 unspecified atom stereocenters. The molecular weight excluding hydrogens is 444 g/mol. The van der Waals surface area contributed by atoms with E-state index in [1.807, 2.05) is 12.1 Å². The average molecular weight is 483 g/mol. The minimum Gasteiger partial charge on any atom is -0.480 e. The highest BCUT2D eigenvalue weighted by atomic mass is 16.4. The van der Waals surface area contributed by atoms with E-state index in [0.29, 0.717) is 13.0 Å². The third-order valence-corrected chi connectivity index (χ3v) is 7.43. The summed E-state index contributed by atoms with van der Waals surface area (Å²) >= 11 is 0. The topological polar surface area (TPSA) is 112 Å². The number of carboxylic acids is 1. The van der Waals surface area contributed by atoms with Gasteiger partial charge in [-0.1, -0.05) is 50.3 Å². The van der Waals surface area contributed by atoms with E-state index >= 15 is 0 Å². The number of rotatable bonds is 6. The molecule has 1 aliphatic heterocycles. The molecule has 1 saturated carbocycles. The van der Waals surface area contributed by atoms with Gasteiger partial charge in [0, 0.05) is 36.6 Å². The summed E-state index contributed by atoms with van der Waals surface area (Å²) in [6, 6.07) is 6.86. The lowest BCUT2D eigenvalue weighted by atomic mass is 9.83. The van der Waals surface area contributed by atoms with Gasteiger partial charge in [0.1, 0.15) is 6.04 Å². The highest BCUT2D eigenvalue weighted by molar-refractivity contribution is 5.91. The monoisotopic (exact) mass is 482 g/mol. The molecule has 8 nitrogen and oxygen atoms in total. The zero-order chi connectivity index (χ0) is 24.6. The maximum absolute atomic E-state index is 13.5. The van der Waals surface area contributed by atoms with Crippen LogP contribution in [0.25, 0.3) is 10.9 Å². The third-order valence-electron chi connectivity index (χ3n) is 7.43. The molecular formula is C27H38N4O4. The molecule has 2 atom stereocenters. The summed E-state index contributed by atoms with van der Waals surface area (Å²) in [6.07, 6.45) is 11.6. The van der Waals surface area contributed by atoms with Crippen molar-refractivity contribution in [2.24, 2.45) is 5.92 Å². The lowest BCUT2D eigenvalue weighted by molar-refractivity contribution is -0.137. The number of fused-ring (bicyclic) bond motifs is 5. The number of aryl methyl sites for hydroxylation is 1. The van der Waals surface area contributed by atoms with E-state index in [9.17, 15) is 19.5 Å². The van der Waals surface area contributed by atoms with Gasteiger partial charge >= 0.3 is 5.97 Å². The summed E-state index contributed by atoms with van der Waals surface area (Å²) in [5, 5.41) is 19.3. The molecule has 8 heteroatoms. The number of hydrogen-bond donors (Lipinski definition) is 4. The number of amides is 2. The first-order chi connectivity index (χ1) is 17.0. The standard InChI is InChI=1S/C27H38N4O4/c32-24(33)17-29-25(19-10-4-3-5-11-19)27(35)30-22-16-20-18-31(23-13-7-6-12-21(20)23)15-9-2-1-8-14-28-26(22)34/h6-7,12-13,18-19,22,25,29H,1-5,8-11,14-17H2,(H,28,34)(H,30,35)(H,32,33)/t22-,25?/m0/s1. The number of para-hydroxylation sites is 1. The maximum Gasteiger partial charge on any atom is 0.317 e. The van der Waals surface area contributed by atoms with Crippen molar-refractivity contribution < 1.29 is 19.5 Å². The van der Waals surface area contributed by atoms with Gasteiger partial charge in [0.25, 0.3) is 0 Å². The predicted octanol–water partition coefficient (Wildman–Crippen LogP) is 2.98. The molecule has 1 aromatic carbocycles. The van der Waals surface area contributed by atoms with Crippen LogP contribution in [0.5, 0.6) is 0 Å². The van der Waals surface area contributed by atoms with E-state index in [1.54, 1.807) is 0 Å². The maximum atomic E-state index is 13.5. The van der Waals surface area contributed by atoms with E-state index in [1.165, 1.54) is 0 Å². The fraction of sp³-hybridized carbons (Fsp3) is 0.593. The summed E-state index contributed by atoms with van der Waals surface area (Å²) in [5.74, 6) is -1.39. The van der Waals surface area contributed by atoms with Crippen LogP contribution in [0.15, 0.2) is 30.5 Å². The number of nitrogens with zero attached hydrogens (tertiary/aromatic N) is 1. The van der Waals surface area contributed by atoms with Crippen LogP contribution >= 0.6 is 0 Å². The van der Waals surface area contributed by atoms with Crippen LogP contribution in [-0.4, -0.2) is 52.6 Å². The molecule has 2 heterocycles. The molecule has 4 rings (SSSR count). The summed E-state index contributed by atoms with van der Waals surface area (Å²) in [5.41, 5.74) is 2.18. The molecule has 190 valence electrons. The number of aromatic nitrogens is 1. The number of aliphatic carboxylic acids is 1. The van der Waals surface area contributed by atoms with Crippen molar-refractivity contribution in [2.45, 2.75) is 82.8 Å². The molecule has 0 spiro atoms. The highest BCUT2D eigenvalue weighted by Crippen LogP contribution is 2.27. The molecule has 4 N–H and O–H groups in total. The summed E-state index contributed by atoms with van der Waals surface area (Å²) in [6.45, 7) is 1.24. The Bertz CT molecular complexity index is 1030. The van der Waals surface area contributed by atoms with Gasteiger partial charge < -0.3 is 20.3 Å². The van der Waals surface area contributed by atoms with E-state index in [4.69, 9.17) is 0 Å². The largest absolute Gasteiger partial charge is 0.480 e. The van der Waals surface area contributed by atoms with Crippen LogP contribution in [-0.2, 0) is 27.3 Å². The molecule has 0 radical (unpaired) electrons. The molecule has 0 saturated heterocycles. The van der Waals surface area contributed by atoms with Gasteiger partial charge in [-0.05, 0) is 43.2 Å². The Morgan fingerprint density at radius 2 is 1.80 bits per heavy atom. The van der Waals surface area contributed by atoms with Crippen molar-refractivity contribution in [1.29, 1.82) is 0 Å². The molecule has 1 fully saturated rings. The van der Waals surface area contributed by atoms with Gasteiger partial charge in [0.2, 0.25) is 11.8 Å². The van der Waals surface area contributed by atoms with Crippen molar-refractivity contribution in [1.82, 2.24) is 20.5 Å². The summed E-state index contributed by atoms with van der Waals surface area (Å²) in [4.78, 5) is 37.9. The first-order valence-corrected chi connectivity index (χ1v) is 13.1. The van der Waals surface area contributed by atoms with Gasteiger partial charge in [0.05, 0.1) is 12.6 Å². The van der Waals surface area contributed by atoms with Gasteiger partial charge in [0.15, 0.2) is 0 Å². The Kier molecular flexibility index (Phi) is 8.79. The Labute approximate surface area is 206 Å². The first-order valence-electron chi connectivity index (χ1n) is 13.1. The van der Waals surface area contributed by atoms with E-state index in [-0.39, 0.29) is 24.3 Å². The van der Waals surface area contributed by atoms with Gasteiger partial charge in [-0.3, -0.25) is 19.7 Å². The van der Waals surface area contributed by atoms with Crippen molar-refractivity contribution >= 4 is 28.7 Å². The third kappa shape index (κ3) is 6.63. The quantitative estimate of drug-likeness (QED) is 0.506. The number of carboxylic acid groups (broad SMARTS) is 1. The van der Waals surface area contributed by atoms with Crippen LogP contribution in [0.1, 0.15) is 63.4 Å². The normalized spacial score (nSPS) is 21.3. The van der Waals surface area contributed by atoms with Gasteiger partial charge in [-0.25, -0.2) is 0 Å². The van der Waals surface area contributed by atoms with Crippen LogP contribution in [0.2, 0.25) is 0 Å². The predicted molar refractivity (Wildman–Crippen MR) is 135 cm³/mol. The van der Waals surface area contributed by atoms with Crippen LogP contribution in [0.3, 0.4) is 0 Å². The Balaban J connectivity index is 1.58. The van der Waals surface area contributed by atoms with E-state index in [2.05, 4.69) is 38.8 Å². The number of benzene rings is 1. The molecule has 1 aromatic heterocycles. The van der Waals surface area contributed by atoms with Crippen LogP contribution in [0, 0.1) is 5.92 Å². The Morgan fingerprint density at radius 1 is 1.06 bits per heavy atom. The SMILES string of the molecule is O=C(O)CNC(C(=O)N[C@H]1Cc2cn(c3ccccc23)CCCCCCNC1=O)C1CCCCC1. The average Bonchev–Trinajstić information content (AvgIpc) is 3.21. The zero-order valence-corrected chi connectivity index (χ0v) is 20.4. The second-order valence-corrected chi connectivity index (χ2v) is 9.99. The minimum absolute atomic E-state index is 0.0721. The molecule has 2 amide bonds. The summed E-state index contributed by atoms with van der Waals surface area (Å²) in [7, 11) is 0. The van der Waals surface area contributed by atoms with Crippen molar-refractivity contribution in [3.8, 4) is 0 Å². The van der Waals surface area contributed by atoms with Crippen molar-refractivity contribution in [2.75, 3.05) is 13.1 Å². The molecule has 35 heavy (non-hydrogen) atoms.